The third-order valence-corrected chi connectivity index (χ3v) is 4.35. The minimum Gasteiger partial charge on any atom is -0.332 e. The molecule has 3 amide bonds. The van der Waals surface area contributed by atoms with Crippen molar-refractivity contribution in [1.82, 2.24) is 10.2 Å². The van der Waals surface area contributed by atoms with Crippen molar-refractivity contribution in [2.45, 2.75) is 62.9 Å². The molecular weight excluding hydrogens is 204 g/mol. The van der Waals surface area contributed by atoms with E-state index in [1.165, 1.54) is 4.90 Å². The summed E-state index contributed by atoms with van der Waals surface area (Å²) >= 11 is 0. The second-order valence-electron chi connectivity index (χ2n) is 5.44. The van der Waals surface area contributed by atoms with Crippen LogP contribution in [0.4, 0.5) is 4.79 Å². The standard InChI is InChI=1S/C12H18N2O2/c15-10-8-12(6-1-2-7-12)13-11(16)14(10)9-4-3-5-9/h9H,1-8H2,(H,13,16). The van der Waals surface area contributed by atoms with Gasteiger partial charge in [0.25, 0.3) is 0 Å². The average molecular weight is 222 g/mol. The van der Waals surface area contributed by atoms with Gasteiger partial charge >= 0.3 is 6.03 Å². The average Bonchev–Trinajstić information content (AvgIpc) is 2.56. The topological polar surface area (TPSA) is 49.4 Å². The van der Waals surface area contributed by atoms with Crippen LogP contribution < -0.4 is 5.32 Å². The second-order valence-corrected chi connectivity index (χ2v) is 5.44. The van der Waals surface area contributed by atoms with Crippen molar-refractivity contribution in [3.8, 4) is 0 Å². The molecule has 4 heteroatoms. The molecule has 2 saturated carbocycles. The lowest BCUT2D eigenvalue weighted by Gasteiger charge is -2.44. The Morgan fingerprint density at radius 3 is 2.31 bits per heavy atom. The molecule has 1 spiro atoms. The van der Waals surface area contributed by atoms with E-state index in [4.69, 9.17) is 0 Å². The fourth-order valence-electron chi connectivity index (χ4n) is 3.19. The number of carbonyl (C=O) groups excluding carboxylic acids is 2. The SMILES string of the molecule is O=C1CC2(CCCC2)NC(=O)N1C1CCC1. The minimum atomic E-state index is -0.186. The van der Waals surface area contributed by atoms with Gasteiger partial charge in [0.1, 0.15) is 0 Å². The summed E-state index contributed by atoms with van der Waals surface area (Å²) in [5, 5.41) is 3.09. The smallest absolute Gasteiger partial charge is 0.324 e. The van der Waals surface area contributed by atoms with Crippen molar-refractivity contribution < 1.29 is 9.59 Å². The van der Waals surface area contributed by atoms with Gasteiger partial charge < -0.3 is 5.32 Å². The molecule has 0 aromatic heterocycles. The number of nitrogens with zero attached hydrogens (tertiary/aromatic N) is 1. The second kappa shape index (κ2) is 3.47. The maximum absolute atomic E-state index is 12.1. The molecular formula is C12H18N2O2. The molecule has 88 valence electrons. The number of hydrogen-bond acceptors (Lipinski definition) is 2. The van der Waals surface area contributed by atoms with Crippen LogP contribution in [0.15, 0.2) is 0 Å². The summed E-state index contributed by atoms with van der Waals surface area (Å²) in [5.74, 6) is 0.0513. The zero-order valence-electron chi connectivity index (χ0n) is 9.50. The van der Waals surface area contributed by atoms with Crippen molar-refractivity contribution in [3.05, 3.63) is 0 Å². The number of carbonyl (C=O) groups is 2. The quantitative estimate of drug-likeness (QED) is 0.735. The molecule has 0 aromatic rings. The predicted molar refractivity (Wildman–Crippen MR) is 58.8 cm³/mol. The van der Waals surface area contributed by atoms with E-state index in [1.54, 1.807) is 0 Å². The van der Waals surface area contributed by atoms with Crippen LogP contribution >= 0.6 is 0 Å². The van der Waals surface area contributed by atoms with E-state index in [-0.39, 0.29) is 23.5 Å². The highest BCUT2D eigenvalue weighted by Gasteiger charge is 2.47. The Morgan fingerprint density at radius 2 is 1.81 bits per heavy atom. The summed E-state index contributed by atoms with van der Waals surface area (Å²) in [7, 11) is 0. The molecule has 3 aliphatic rings. The van der Waals surface area contributed by atoms with Crippen LogP contribution in [0.1, 0.15) is 51.4 Å². The highest BCUT2D eigenvalue weighted by atomic mass is 16.2. The fourth-order valence-corrected chi connectivity index (χ4v) is 3.19. The maximum Gasteiger partial charge on any atom is 0.324 e. The monoisotopic (exact) mass is 222 g/mol. The summed E-state index contributed by atoms with van der Waals surface area (Å²) in [6, 6.07) is 0.0501. The summed E-state index contributed by atoms with van der Waals surface area (Å²) < 4.78 is 0. The number of urea groups is 1. The van der Waals surface area contributed by atoms with E-state index < -0.39 is 0 Å². The molecule has 1 saturated heterocycles. The molecule has 2 aliphatic carbocycles. The summed E-state index contributed by atoms with van der Waals surface area (Å²) in [4.78, 5) is 25.5. The zero-order valence-corrected chi connectivity index (χ0v) is 9.50. The summed E-state index contributed by atoms with van der Waals surface area (Å²) in [6.07, 6.45) is 7.88. The van der Waals surface area contributed by atoms with Crippen molar-refractivity contribution >= 4 is 11.9 Å². The van der Waals surface area contributed by atoms with Gasteiger partial charge in [-0.3, -0.25) is 9.69 Å². The normalized spacial score (nSPS) is 29.4. The first kappa shape index (κ1) is 10.1. The molecule has 1 aliphatic heterocycles. The lowest BCUT2D eigenvalue weighted by Crippen LogP contribution is -2.64. The number of hydrogen-bond donors (Lipinski definition) is 1. The zero-order chi connectivity index (χ0) is 11.2. The molecule has 0 radical (unpaired) electrons. The van der Waals surface area contributed by atoms with E-state index in [9.17, 15) is 9.59 Å². The van der Waals surface area contributed by atoms with Gasteiger partial charge in [-0.25, -0.2) is 4.79 Å². The Bertz CT molecular complexity index is 310. The highest BCUT2D eigenvalue weighted by molar-refractivity contribution is 5.98. The largest absolute Gasteiger partial charge is 0.332 e. The van der Waals surface area contributed by atoms with Crippen LogP contribution in [-0.4, -0.2) is 28.4 Å². The van der Waals surface area contributed by atoms with E-state index >= 15 is 0 Å². The molecule has 0 atom stereocenters. The molecule has 0 aromatic carbocycles. The number of nitrogens with one attached hydrogen (secondary N) is 1. The van der Waals surface area contributed by atoms with E-state index in [2.05, 4.69) is 5.32 Å². The van der Waals surface area contributed by atoms with Crippen LogP contribution in [0.5, 0.6) is 0 Å². The van der Waals surface area contributed by atoms with Gasteiger partial charge in [-0.15, -0.1) is 0 Å². The first-order chi connectivity index (χ1) is 7.70. The van der Waals surface area contributed by atoms with Crippen molar-refractivity contribution in [2.24, 2.45) is 0 Å². The molecule has 0 bridgehead atoms. The molecule has 1 heterocycles. The Morgan fingerprint density at radius 1 is 1.12 bits per heavy atom. The number of rotatable bonds is 1. The van der Waals surface area contributed by atoms with Crippen LogP contribution in [0.3, 0.4) is 0 Å². The Kier molecular flexibility index (Phi) is 2.19. The van der Waals surface area contributed by atoms with Crippen molar-refractivity contribution in [3.63, 3.8) is 0 Å². The number of amides is 3. The van der Waals surface area contributed by atoms with Crippen LogP contribution in [0.25, 0.3) is 0 Å². The van der Waals surface area contributed by atoms with Gasteiger partial charge in [-0.2, -0.15) is 0 Å². The van der Waals surface area contributed by atoms with Gasteiger partial charge in [0, 0.05) is 6.04 Å². The van der Waals surface area contributed by atoms with E-state index in [1.807, 2.05) is 0 Å². The molecule has 4 nitrogen and oxygen atoms in total. The van der Waals surface area contributed by atoms with Gasteiger partial charge in [-0.1, -0.05) is 12.8 Å². The van der Waals surface area contributed by atoms with Gasteiger partial charge in [-0.05, 0) is 32.1 Å². The van der Waals surface area contributed by atoms with Gasteiger partial charge in [0.15, 0.2) is 0 Å². The Hall–Kier alpha value is -1.06. The number of imide groups is 1. The molecule has 16 heavy (non-hydrogen) atoms. The van der Waals surface area contributed by atoms with E-state index in [0.717, 1.165) is 44.9 Å². The first-order valence-electron chi connectivity index (χ1n) is 6.34. The lowest BCUT2D eigenvalue weighted by molar-refractivity contribution is -0.135. The fraction of sp³-hybridized carbons (Fsp3) is 0.833. The van der Waals surface area contributed by atoms with Crippen LogP contribution in [0.2, 0.25) is 0 Å². The highest BCUT2D eigenvalue weighted by Crippen LogP contribution is 2.37. The molecule has 3 fully saturated rings. The lowest BCUT2D eigenvalue weighted by atomic mass is 9.86. The first-order valence-corrected chi connectivity index (χ1v) is 6.34. The third kappa shape index (κ3) is 1.43. The maximum atomic E-state index is 12.1. The van der Waals surface area contributed by atoms with E-state index in [0.29, 0.717) is 6.42 Å². The van der Waals surface area contributed by atoms with Gasteiger partial charge in [0.2, 0.25) is 5.91 Å². The molecule has 0 unspecified atom stereocenters. The Balaban J connectivity index is 1.77. The third-order valence-electron chi connectivity index (χ3n) is 4.35. The van der Waals surface area contributed by atoms with Crippen LogP contribution in [-0.2, 0) is 4.79 Å². The Labute approximate surface area is 95.4 Å². The predicted octanol–water partition coefficient (Wildman–Crippen LogP) is 1.79. The summed E-state index contributed by atoms with van der Waals surface area (Å²) in [5.41, 5.74) is -0.186. The van der Waals surface area contributed by atoms with Crippen molar-refractivity contribution in [2.75, 3.05) is 0 Å². The van der Waals surface area contributed by atoms with Crippen LogP contribution in [0, 0.1) is 0 Å². The molecule has 1 N–H and O–H groups in total. The summed E-state index contributed by atoms with van der Waals surface area (Å²) in [6.45, 7) is 0. The van der Waals surface area contributed by atoms with Crippen molar-refractivity contribution in [1.29, 1.82) is 0 Å². The minimum absolute atomic E-state index is 0.0513. The van der Waals surface area contributed by atoms with Gasteiger partial charge in [0.05, 0.1) is 12.0 Å². The molecule has 3 rings (SSSR count).